The van der Waals surface area contributed by atoms with Crippen LogP contribution in [0.5, 0.6) is 0 Å². The minimum absolute atomic E-state index is 0.311. The number of nitrogens with zero attached hydrogens (tertiary/aromatic N) is 2. The van der Waals surface area contributed by atoms with Crippen molar-refractivity contribution < 1.29 is 9.53 Å². The van der Waals surface area contributed by atoms with E-state index in [2.05, 4.69) is 15.0 Å². The number of imidazole rings is 1. The number of pyridine rings is 1. The molecule has 0 fully saturated rings. The van der Waals surface area contributed by atoms with Gasteiger partial charge in [0.15, 0.2) is 5.69 Å². The van der Waals surface area contributed by atoms with Gasteiger partial charge in [-0.1, -0.05) is 30.3 Å². The first-order valence-corrected chi connectivity index (χ1v) is 7.02. The van der Waals surface area contributed by atoms with Gasteiger partial charge >= 0.3 is 5.97 Å². The van der Waals surface area contributed by atoms with Crippen LogP contribution in [0.3, 0.4) is 0 Å². The Morgan fingerprint density at radius 3 is 2.59 bits per heavy atom. The van der Waals surface area contributed by atoms with Crippen LogP contribution in [-0.4, -0.2) is 27.5 Å². The van der Waals surface area contributed by atoms with E-state index in [0.29, 0.717) is 23.8 Å². The first-order chi connectivity index (χ1) is 10.8. The van der Waals surface area contributed by atoms with Crippen LogP contribution >= 0.6 is 0 Å². The summed E-state index contributed by atoms with van der Waals surface area (Å²) in [5, 5.41) is 0. The molecule has 110 valence electrons. The standard InChI is InChI=1S/C17H15N3O2/c1-2-22-17(21)15-14(13-9-6-10-18-11-13)19-16(20-15)12-7-4-3-5-8-12/h3-11H,2H2,1H3,(H,19,20). The lowest BCUT2D eigenvalue weighted by molar-refractivity contribution is 0.0521. The van der Waals surface area contributed by atoms with E-state index in [1.54, 1.807) is 25.4 Å². The number of carbonyl (C=O) groups excluding carboxylic acids is 1. The summed E-state index contributed by atoms with van der Waals surface area (Å²) in [6.07, 6.45) is 3.35. The average molecular weight is 293 g/mol. The van der Waals surface area contributed by atoms with Crippen molar-refractivity contribution in [1.29, 1.82) is 0 Å². The molecule has 0 aliphatic rings. The van der Waals surface area contributed by atoms with Crippen LogP contribution in [-0.2, 0) is 4.74 Å². The second-order valence-electron chi connectivity index (χ2n) is 4.64. The van der Waals surface area contributed by atoms with E-state index in [1.807, 2.05) is 36.4 Å². The molecule has 1 N–H and O–H groups in total. The van der Waals surface area contributed by atoms with E-state index in [0.717, 1.165) is 11.1 Å². The molecule has 0 aliphatic heterocycles. The maximum absolute atomic E-state index is 12.2. The number of benzene rings is 1. The van der Waals surface area contributed by atoms with Crippen LogP contribution in [0, 0.1) is 0 Å². The Bertz CT molecular complexity index is 767. The van der Waals surface area contributed by atoms with E-state index < -0.39 is 5.97 Å². The van der Waals surface area contributed by atoms with Gasteiger partial charge in [0, 0.05) is 23.5 Å². The highest BCUT2D eigenvalue weighted by molar-refractivity contribution is 5.95. The molecule has 0 aliphatic carbocycles. The largest absolute Gasteiger partial charge is 0.461 e. The monoisotopic (exact) mass is 293 g/mol. The fourth-order valence-corrected chi connectivity index (χ4v) is 2.17. The summed E-state index contributed by atoms with van der Waals surface area (Å²) in [7, 11) is 0. The molecule has 0 atom stereocenters. The molecule has 0 spiro atoms. The topological polar surface area (TPSA) is 67.9 Å². The van der Waals surface area contributed by atoms with Crippen LogP contribution in [0.1, 0.15) is 17.4 Å². The third-order valence-electron chi connectivity index (χ3n) is 3.17. The first-order valence-electron chi connectivity index (χ1n) is 7.02. The number of H-pyrrole nitrogens is 1. The zero-order valence-corrected chi connectivity index (χ0v) is 12.1. The smallest absolute Gasteiger partial charge is 0.357 e. The van der Waals surface area contributed by atoms with Crippen molar-refractivity contribution in [3.05, 3.63) is 60.6 Å². The summed E-state index contributed by atoms with van der Waals surface area (Å²) in [6, 6.07) is 13.3. The van der Waals surface area contributed by atoms with E-state index in [1.165, 1.54) is 0 Å². The summed E-state index contributed by atoms with van der Waals surface area (Å²) in [4.78, 5) is 23.9. The molecule has 5 heteroatoms. The Labute approximate surface area is 128 Å². The number of esters is 1. The Kier molecular flexibility index (Phi) is 3.96. The van der Waals surface area contributed by atoms with Gasteiger partial charge in [-0.15, -0.1) is 0 Å². The van der Waals surface area contributed by atoms with Crippen LogP contribution in [0.25, 0.3) is 22.6 Å². The van der Waals surface area contributed by atoms with Gasteiger partial charge in [-0.2, -0.15) is 0 Å². The van der Waals surface area contributed by atoms with E-state index in [-0.39, 0.29) is 0 Å². The zero-order valence-electron chi connectivity index (χ0n) is 12.1. The van der Waals surface area contributed by atoms with Crippen LogP contribution in [0.2, 0.25) is 0 Å². The zero-order chi connectivity index (χ0) is 15.4. The van der Waals surface area contributed by atoms with Gasteiger partial charge in [-0.3, -0.25) is 4.98 Å². The predicted octanol–water partition coefficient (Wildman–Crippen LogP) is 3.32. The molecule has 3 rings (SSSR count). The average Bonchev–Trinajstić information content (AvgIpc) is 3.02. The number of rotatable bonds is 4. The highest BCUT2D eigenvalue weighted by atomic mass is 16.5. The van der Waals surface area contributed by atoms with Crippen molar-refractivity contribution >= 4 is 5.97 Å². The van der Waals surface area contributed by atoms with Gasteiger partial charge in [-0.05, 0) is 19.1 Å². The lowest BCUT2D eigenvalue weighted by Gasteiger charge is -2.01. The van der Waals surface area contributed by atoms with Crippen LogP contribution < -0.4 is 0 Å². The number of nitrogens with one attached hydrogen (secondary N) is 1. The molecule has 2 aromatic heterocycles. The minimum atomic E-state index is -0.420. The predicted molar refractivity (Wildman–Crippen MR) is 83.2 cm³/mol. The maximum Gasteiger partial charge on any atom is 0.357 e. The molecule has 0 amide bonds. The Morgan fingerprint density at radius 1 is 1.14 bits per heavy atom. The number of aromatic amines is 1. The number of aromatic nitrogens is 3. The van der Waals surface area contributed by atoms with Gasteiger partial charge in [0.05, 0.1) is 6.61 Å². The summed E-state index contributed by atoms with van der Waals surface area (Å²) in [6.45, 7) is 2.08. The van der Waals surface area contributed by atoms with Gasteiger partial charge in [-0.25, -0.2) is 9.78 Å². The molecule has 0 unspecified atom stereocenters. The normalized spacial score (nSPS) is 10.4. The molecule has 0 saturated heterocycles. The van der Waals surface area contributed by atoms with Crippen molar-refractivity contribution in [2.75, 3.05) is 6.61 Å². The van der Waals surface area contributed by atoms with Crippen LogP contribution in [0.4, 0.5) is 0 Å². The maximum atomic E-state index is 12.2. The van der Waals surface area contributed by atoms with Crippen molar-refractivity contribution in [1.82, 2.24) is 15.0 Å². The molecule has 0 bridgehead atoms. The Morgan fingerprint density at radius 2 is 1.91 bits per heavy atom. The molecule has 5 nitrogen and oxygen atoms in total. The molecule has 2 heterocycles. The number of hydrogen-bond acceptors (Lipinski definition) is 4. The molecule has 22 heavy (non-hydrogen) atoms. The summed E-state index contributed by atoms with van der Waals surface area (Å²) in [5.41, 5.74) is 2.56. The van der Waals surface area contributed by atoms with Crippen LogP contribution in [0.15, 0.2) is 54.9 Å². The molecule has 0 saturated carbocycles. The fourth-order valence-electron chi connectivity index (χ4n) is 2.17. The molecule has 0 radical (unpaired) electrons. The highest BCUT2D eigenvalue weighted by Gasteiger charge is 2.20. The Hall–Kier alpha value is -2.95. The van der Waals surface area contributed by atoms with Crippen molar-refractivity contribution in [3.8, 4) is 22.6 Å². The quantitative estimate of drug-likeness (QED) is 0.749. The third kappa shape index (κ3) is 2.74. The van der Waals surface area contributed by atoms with Crippen molar-refractivity contribution in [2.45, 2.75) is 6.92 Å². The summed E-state index contributed by atoms with van der Waals surface area (Å²) >= 11 is 0. The molecular formula is C17H15N3O2. The first kappa shape index (κ1) is 14.0. The lowest BCUT2D eigenvalue weighted by Crippen LogP contribution is -2.06. The molecule has 1 aromatic carbocycles. The van der Waals surface area contributed by atoms with Crippen molar-refractivity contribution in [2.24, 2.45) is 0 Å². The number of ether oxygens (including phenoxy) is 1. The number of hydrogen-bond donors (Lipinski definition) is 1. The lowest BCUT2D eigenvalue weighted by atomic mass is 10.2. The van der Waals surface area contributed by atoms with E-state index >= 15 is 0 Å². The van der Waals surface area contributed by atoms with Crippen molar-refractivity contribution in [3.63, 3.8) is 0 Å². The third-order valence-corrected chi connectivity index (χ3v) is 3.17. The van der Waals surface area contributed by atoms with E-state index in [4.69, 9.17) is 4.74 Å². The second kappa shape index (κ2) is 6.22. The van der Waals surface area contributed by atoms with Gasteiger partial charge < -0.3 is 9.72 Å². The second-order valence-corrected chi connectivity index (χ2v) is 4.64. The summed E-state index contributed by atoms with van der Waals surface area (Å²) < 4.78 is 5.11. The highest BCUT2D eigenvalue weighted by Crippen LogP contribution is 2.26. The van der Waals surface area contributed by atoms with E-state index in [9.17, 15) is 4.79 Å². The SMILES string of the molecule is CCOC(=O)c1[nH]c(-c2ccccc2)nc1-c1cccnc1. The molecule has 3 aromatic rings. The Balaban J connectivity index is 2.11. The molecular weight excluding hydrogens is 278 g/mol. The summed E-state index contributed by atoms with van der Waals surface area (Å²) in [5.74, 6) is 0.207. The van der Waals surface area contributed by atoms with Gasteiger partial charge in [0.2, 0.25) is 0 Å². The fraction of sp³-hybridized carbons (Fsp3) is 0.118. The van der Waals surface area contributed by atoms with Gasteiger partial charge in [0.1, 0.15) is 11.5 Å². The minimum Gasteiger partial charge on any atom is -0.461 e. The number of carbonyl (C=O) groups is 1. The van der Waals surface area contributed by atoms with Gasteiger partial charge in [0.25, 0.3) is 0 Å².